The number of halogens is 1. The second-order valence-corrected chi connectivity index (χ2v) is 5.61. The first-order valence-electron chi connectivity index (χ1n) is 6.71. The normalized spacial score (nSPS) is 23.5. The number of pyridine rings is 1. The van der Waals surface area contributed by atoms with Gasteiger partial charge in [-0.2, -0.15) is 0 Å². The van der Waals surface area contributed by atoms with E-state index in [9.17, 15) is 5.11 Å². The van der Waals surface area contributed by atoms with E-state index in [1.165, 1.54) is 0 Å². The van der Waals surface area contributed by atoms with Crippen molar-refractivity contribution in [2.24, 2.45) is 0 Å². The van der Waals surface area contributed by atoms with Crippen molar-refractivity contribution >= 4 is 28.2 Å². The van der Waals surface area contributed by atoms with Crippen molar-refractivity contribution in [2.45, 2.75) is 37.8 Å². The Labute approximate surface area is 117 Å². The number of hydrogen-bond donors (Lipinski definition) is 2. The van der Waals surface area contributed by atoms with E-state index >= 15 is 0 Å². The summed E-state index contributed by atoms with van der Waals surface area (Å²) in [6.07, 6.45) is 5.47. The van der Waals surface area contributed by atoms with E-state index in [-0.39, 0.29) is 6.10 Å². The van der Waals surface area contributed by atoms with Crippen molar-refractivity contribution in [3.8, 4) is 0 Å². The lowest BCUT2D eigenvalue weighted by molar-refractivity contribution is 0.126. The molecule has 2 aromatic rings. The Morgan fingerprint density at radius 1 is 1.16 bits per heavy atom. The molecule has 4 heteroatoms. The maximum Gasteiger partial charge on any atom is 0.0737 e. The molecular formula is C15H17ClN2O. The summed E-state index contributed by atoms with van der Waals surface area (Å²) in [5, 5.41) is 14.9. The van der Waals surface area contributed by atoms with Gasteiger partial charge in [0.05, 0.1) is 11.6 Å². The van der Waals surface area contributed by atoms with Crippen LogP contribution >= 0.6 is 11.6 Å². The third kappa shape index (κ3) is 2.82. The molecule has 3 rings (SSSR count). The Morgan fingerprint density at radius 2 is 1.95 bits per heavy atom. The highest BCUT2D eigenvalue weighted by atomic mass is 35.5. The molecule has 2 N–H and O–H groups in total. The van der Waals surface area contributed by atoms with E-state index in [1.54, 1.807) is 6.20 Å². The minimum atomic E-state index is -0.119. The van der Waals surface area contributed by atoms with Gasteiger partial charge in [-0.05, 0) is 49.9 Å². The van der Waals surface area contributed by atoms with Gasteiger partial charge >= 0.3 is 0 Å². The van der Waals surface area contributed by atoms with E-state index in [0.717, 1.165) is 42.3 Å². The molecule has 1 saturated carbocycles. The lowest BCUT2D eigenvalue weighted by Crippen LogP contribution is -2.28. The molecule has 1 aliphatic carbocycles. The van der Waals surface area contributed by atoms with Crippen LogP contribution in [0.1, 0.15) is 25.7 Å². The zero-order valence-corrected chi connectivity index (χ0v) is 11.4. The Morgan fingerprint density at radius 3 is 2.74 bits per heavy atom. The summed E-state index contributed by atoms with van der Waals surface area (Å²) < 4.78 is 0. The smallest absolute Gasteiger partial charge is 0.0737 e. The molecule has 0 saturated heterocycles. The molecule has 1 aromatic heterocycles. The van der Waals surface area contributed by atoms with Crippen LogP contribution in [0.5, 0.6) is 0 Å². The molecule has 0 unspecified atom stereocenters. The van der Waals surface area contributed by atoms with Gasteiger partial charge in [-0.1, -0.05) is 11.6 Å². The van der Waals surface area contributed by atoms with Gasteiger partial charge in [-0.25, -0.2) is 0 Å². The van der Waals surface area contributed by atoms with E-state index in [4.69, 9.17) is 11.6 Å². The summed E-state index contributed by atoms with van der Waals surface area (Å²) in [5.41, 5.74) is 2.01. The number of hydrogen-bond acceptors (Lipinski definition) is 3. The number of anilines is 1. The van der Waals surface area contributed by atoms with Gasteiger partial charge in [0.15, 0.2) is 0 Å². The van der Waals surface area contributed by atoms with Crippen molar-refractivity contribution in [1.82, 2.24) is 4.98 Å². The molecule has 0 aliphatic heterocycles. The molecule has 1 heterocycles. The lowest BCUT2D eigenvalue weighted by Gasteiger charge is -2.27. The zero-order chi connectivity index (χ0) is 13.2. The van der Waals surface area contributed by atoms with Gasteiger partial charge < -0.3 is 10.4 Å². The molecule has 0 radical (unpaired) electrons. The SMILES string of the molecule is OC1CCC(Nc2ccnc3cc(Cl)ccc23)CC1. The standard InChI is InChI=1S/C15H17ClN2O/c16-10-1-6-13-14(7-8-17-15(13)9-10)18-11-2-4-12(19)5-3-11/h1,6-9,11-12,19H,2-5H2,(H,17,18). The topological polar surface area (TPSA) is 45.1 Å². The summed E-state index contributed by atoms with van der Waals surface area (Å²) in [6, 6.07) is 8.21. The van der Waals surface area contributed by atoms with E-state index in [2.05, 4.69) is 10.3 Å². The first-order chi connectivity index (χ1) is 9.22. The molecule has 1 fully saturated rings. The van der Waals surface area contributed by atoms with Gasteiger partial charge in [0.25, 0.3) is 0 Å². The van der Waals surface area contributed by atoms with E-state index in [0.29, 0.717) is 11.1 Å². The van der Waals surface area contributed by atoms with Crippen molar-refractivity contribution in [2.75, 3.05) is 5.32 Å². The highest BCUT2D eigenvalue weighted by molar-refractivity contribution is 6.31. The number of aromatic nitrogens is 1. The molecule has 100 valence electrons. The number of fused-ring (bicyclic) bond motifs is 1. The fourth-order valence-corrected chi connectivity index (χ4v) is 2.85. The maximum atomic E-state index is 9.54. The van der Waals surface area contributed by atoms with Crippen molar-refractivity contribution in [3.63, 3.8) is 0 Å². The van der Waals surface area contributed by atoms with Crippen LogP contribution in [0.3, 0.4) is 0 Å². The maximum absolute atomic E-state index is 9.54. The predicted octanol–water partition coefficient (Wildman–Crippen LogP) is 3.60. The molecule has 1 aliphatic rings. The Balaban J connectivity index is 1.84. The Hall–Kier alpha value is -1.32. The second-order valence-electron chi connectivity index (χ2n) is 5.17. The van der Waals surface area contributed by atoms with Gasteiger partial charge in [0.2, 0.25) is 0 Å². The first kappa shape index (κ1) is 12.7. The van der Waals surface area contributed by atoms with Crippen LogP contribution in [-0.4, -0.2) is 22.2 Å². The predicted molar refractivity (Wildman–Crippen MR) is 78.6 cm³/mol. The minimum absolute atomic E-state index is 0.119. The van der Waals surface area contributed by atoms with Crippen molar-refractivity contribution < 1.29 is 5.11 Å². The summed E-state index contributed by atoms with van der Waals surface area (Å²) in [7, 11) is 0. The van der Waals surface area contributed by atoms with E-state index in [1.807, 2.05) is 24.3 Å². The van der Waals surface area contributed by atoms with Gasteiger partial charge in [-0.15, -0.1) is 0 Å². The molecule has 0 bridgehead atoms. The van der Waals surface area contributed by atoms with E-state index < -0.39 is 0 Å². The summed E-state index contributed by atoms with van der Waals surface area (Å²) >= 11 is 5.99. The largest absolute Gasteiger partial charge is 0.393 e. The van der Waals surface area contributed by atoms with Gasteiger partial charge in [-0.3, -0.25) is 4.98 Å². The summed E-state index contributed by atoms with van der Waals surface area (Å²) in [6.45, 7) is 0. The number of aliphatic hydroxyl groups excluding tert-OH is 1. The van der Waals surface area contributed by atoms with Crippen molar-refractivity contribution in [1.29, 1.82) is 0 Å². The van der Waals surface area contributed by atoms with Gasteiger partial charge in [0, 0.05) is 28.3 Å². The highest BCUT2D eigenvalue weighted by Gasteiger charge is 2.19. The Bertz CT molecular complexity index is 579. The van der Waals surface area contributed by atoms with Crippen LogP contribution in [0.4, 0.5) is 5.69 Å². The molecule has 0 amide bonds. The zero-order valence-electron chi connectivity index (χ0n) is 10.6. The third-order valence-corrected chi connectivity index (χ3v) is 4.00. The molecular weight excluding hydrogens is 260 g/mol. The van der Waals surface area contributed by atoms with Gasteiger partial charge in [0.1, 0.15) is 0 Å². The van der Waals surface area contributed by atoms with Crippen LogP contribution in [0.2, 0.25) is 5.02 Å². The van der Waals surface area contributed by atoms with Crippen LogP contribution in [0.15, 0.2) is 30.5 Å². The molecule has 1 aromatic carbocycles. The van der Waals surface area contributed by atoms with Crippen LogP contribution in [-0.2, 0) is 0 Å². The molecule has 0 spiro atoms. The van der Waals surface area contributed by atoms with Crippen LogP contribution in [0.25, 0.3) is 10.9 Å². The fraction of sp³-hybridized carbons (Fsp3) is 0.400. The van der Waals surface area contributed by atoms with Crippen LogP contribution in [0, 0.1) is 0 Å². The highest BCUT2D eigenvalue weighted by Crippen LogP contribution is 2.28. The first-order valence-corrected chi connectivity index (χ1v) is 7.09. The Kier molecular flexibility index (Phi) is 3.58. The number of nitrogens with zero attached hydrogens (tertiary/aromatic N) is 1. The third-order valence-electron chi connectivity index (χ3n) is 3.76. The number of rotatable bonds is 2. The molecule has 19 heavy (non-hydrogen) atoms. The number of aliphatic hydroxyl groups is 1. The number of nitrogens with one attached hydrogen (secondary N) is 1. The second kappa shape index (κ2) is 5.35. The monoisotopic (exact) mass is 276 g/mol. The van der Waals surface area contributed by atoms with Crippen LogP contribution < -0.4 is 5.32 Å². The lowest BCUT2D eigenvalue weighted by atomic mass is 9.93. The fourth-order valence-electron chi connectivity index (χ4n) is 2.69. The summed E-state index contributed by atoms with van der Waals surface area (Å²) in [5.74, 6) is 0. The average molecular weight is 277 g/mol. The minimum Gasteiger partial charge on any atom is -0.393 e. The average Bonchev–Trinajstić information content (AvgIpc) is 2.41. The summed E-state index contributed by atoms with van der Waals surface area (Å²) in [4.78, 5) is 4.34. The molecule has 3 nitrogen and oxygen atoms in total. The number of benzene rings is 1. The quantitative estimate of drug-likeness (QED) is 0.881. The molecule has 0 atom stereocenters. The van der Waals surface area contributed by atoms with Crippen molar-refractivity contribution in [3.05, 3.63) is 35.5 Å².